The summed E-state index contributed by atoms with van der Waals surface area (Å²) in [6, 6.07) is 11.8. The number of nitro groups is 1. The van der Waals surface area contributed by atoms with E-state index in [1.807, 2.05) is 6.07 Å². The van der Waals surface area contributed by atoms with Gasteiger partial charge in [0.05, 0.1) is 11.5 Å². The SMILES string of the molecule is CCC(C)(C)c1ccc(OCCCNC(=O)c2c(Oc3ccc([N+](=O)[O-])cc3)c(OC(C)=O)c3c(c2OC(C)=O)C2CCC3C2)c(C(C)(C)CC)c1. The lowest BCUT2D eigenvalue weighted by Crippen LogP contribution is -2.28. The molecular formula is C41H50N2O9. The van der Waals surface area contributed by atoms with Crippen molar-refractivity contribution >= 4 is 23.5 Å². The molecule has 52 heavy (non-hydrogen) atoms. The molecule has 0 aromatic heterocycles. The molecule has 1 amide bonds. The molecule has 2 unspecified atom stereocenters. The maximum Gasteiger partial charge on any atom is 0.308 e. The molecule has 2 aliphatic rings. The van der Waals surface area contributed by atoms with E-state index < -0.39 is 22.8 Å². The number of nitrogens with zero attached hydrogens (tertiary/aromatic N) is 1. The highest BCUT2D eigenvalue weighted by Crippen LogP contribution is 2.62. The van der Waals surface area contributed by atoms with Crippen LogP contribution < -0.4 is 24.3 Å². The molecule has 2 aliphatic carbocycles. The van der Waals surface area contributed by atoms with Crippen LogP contribution in [-0.4, -0.2) is 35.9 Å². The third-order valence-corrected chi connectivity index (χ3v) is 10.8. The predicted octanol–water partition coefficient (Wildman–Crippen LogP) is 9.18. The largest absolute Gasteiger partial charge is 0.493 e. The van der Waals surface area contributed by atoms with Gasteiger partial charge in [0.25, 0.3) is 11.6 Å². The van der Waals surface area contributed by atoms with Gasteiger partial charge in [0.15, 0.2) is 17.2 Å². The Morgan fingerprint density at radius 3 is 2.02 bits per heavy atom. The fourth-order valence-electron chi connectivity index (χ4n) is 7.13. The number of rotatable bonds is 15. The smallest absolute Gasteiger partial charge is 0.308 e. The minimum atomic E-state index is -0.618. The second-order valence-corrected chi connectivity index (χ2v) is 15.1. The Balaban J connectivity index is 1.45. The van der Waals surface area contributed by atoms with Crippen LogP contribution in [0.3, 0.4) is 0 Å². The minimum absolute atomic E-state index is 0.00731. The van der Waals surface area contributed by atoms with Crippen molar-refractivity contribution in [3.8, 4) is 28.7 Å². The topological polar surface area (TPSA) is 143 Å². The summed E-state index contributed by atoms with van der Waals surface area (Å²) in [7, 11) is 0. The van der Waals surface area contributed by atoms with Crippen molar-refractivity contribution in [3.05, 3.63) is 80.4 Å². The van der Waals surface area contributed by atoms with Gasteiger partial charge in [-0.15, -0.1) is 0 Å². The molecule has 0 aliphatic heterocycles. The first kappa shape index (κ1) is 38.3. The molecule has 5 rings (SSSR count). The number of carbonyl (C=O) groups excluding carboxylic acids is 3. The Hall–Kier alpha value is -4.93. The summed E-state index contributed by atoms with van der Waals surface area (Å²) in [5, 5.41) is 14.2. The lowest BCUT2D eigenvalue weighted by molar-refractivity contribution is -0.384. The van der Waals surface area contributed by atoms with Crippen molar-refractivity contribution < 1.29 is 38.3 Å². The lowest BCUT2D eigenvalue weighted by atomic mass is 9.76. The van der Waals surface area contributed by atoms with Crippen LogP contribution in [0.25, 0.3) is 0 Å². The molecule has 2 bridgehead atoms. The summed E-state index contributed by atoms with van der Waals surface area (Å²) in [5.41, 5.74) is 3.45. The number of nitrogens with one attached hydrogen (secondary N) is 1. The zero-order chi connectivity index (χ0) is 38.0. The van der Waals surface area contributed by atoms with E-state index in [2.05, 4.69) is 59.0 Å². The van der Waals surface area contributed by atoms with Crippen molar-refractivity contribution in [3.63, 3.8) is 0 Å². The van der Waals surface area contributed by atoms with E-state index in [-0.39, 0.29) is 63.5 Å². The molecule has 2 atom stereocenters. The molecule has 278 valence electrons. The Bertz CT molecular complexity index is 1860. The summed E-state index contributed by atoms with van der Waals surface area (Å²) >= 11 is 0. The molecule has 1 N–H and O–H groups in total. The molecule has 3 aromatic rings. The summed E-state index contributed by atoms with van der Waals surface area (Å²) in [6.45, 7) is 16.3. The fourth-order valence-corrected chi connectivity index (χ4v) is 7.13. The average molecular weight is 715 g/mol. The van der Waals surface area contributed by atoms with Gasteiger partial charge in [0.2, 0.25) is 0 Å². The summed E-state index contributed by atoms with van der Waals surface area (Å²) in [4.78, 5) is 50.0. The number of fused-ring (bicyclic) bond motifs is 5. The highest BCUT2D eigenvalue weighted by molar-refractivity contribution is 6.03. The first-order valence-corrected chi connectivity index (χ1v) is 18.2. The van der Waals surface area contributed by atoms with Gasteiger partial charge >= 0.3 is 11.9 Å². The van der Waals surface area contributed by atoms with Gasteiger partial charge in [-0.1, -0.05) is 53.7 Å². The highest BCUT2D eigenvalue weighted by Gasteiger charge is 2.46. The monoisotopic (exact) mass is 714 g/mol. The number of benzene rings is 3. The Kier molecular flexibility index (Phi) is 11.3. The summed E-state index contributed by atoms with van der Waals surface area (Å²) in [6.07, 6.45) is 4.83. The van der Waals surface area contributed by atoms with Crippen LogP contribution in [0.5, 0.6) is 28.7 Å². The standard InChI is InChI=1S/C41H50N2O9/c1-9-40(5,6)28-14-19-32(31(23-28)41(7,8)10-2)49-21-11-20-42-39(46)35-36(50-24(3)44)33-26-12-13-27(22-26)34(33)37(51-25(4)45)38(35)52-30-17-15-29(16-18-30)43(47)48/h14-19,23,26-27H,9-13,20-22H2,1-8H3,(H,42,46). The second-order valence-electron chi connectivity index (χ2n) is 15.1. The number of non-ortho nitro benzene ring substituents is 1. The molecule has 1 saturated carbocycles. The van der Waals surface area contributed by atoms with Crippen LogP contribution in [0.2, 0.25) is 0 Å². The van der Waals surface area contributed by atoms with E-state index in [1.165, 1.54) is 43.7 Å². The van der Waals surface area contributed by atoms with Gasteiger partial charge in [-0.05, 0) is 85.0 Å². The average Bonchev–Trinajstić information content (AvgIpc) is 3.72. The molecule has 0 spiro atoms. The van der Waals surface area contributed by atoms with E-state index in [0.717, 1.165) is 43.4 Å². The number of amides is 1. The van der Waals surface area contributed by atoms with Crippen LogP contribution >= 0.6 is 0 Å². The fraction of sp³-hybridized carbons (Fsp3) is 0.488. The Morgan fingerprint density at radius 1 is 0.846 bits per heavy atom. The number of hydrogen-bond acceptors (Lipinski definition) is 9. The van der Waals surface area contributed by atoms with Crippen molar-refractivity contribution in [1.82, 2.24) is 5.32 Å². The Morgan fingerprint density at radius 2 is 1.44 bits per heavy atom. The van der Waals surface area contributed by atoms with Crippen LogP contribution in [0, 0.1) is 10.1 Å². The zero-order valence-corrected chi connectivity index (χ0v) is 31.5. The molecule has 0 saturated heterocycles. The predicted molar refractivity (Wildman–Crippen MR) is 197 cm³/mol. The Labute approximate surface area is 305 Å². The van der Waals surface area contributed by atoms with E-state index in [9.17, 15) is 24.5 Å². The van der Waals surface area contributed by atoms with E-state index in [0.29, 0.717) is 24.2 Å². The maximum atomic E-state index is 14.2. The van der Waals surface area contributed by atoms with Gasteiger partial charge in [-0.2, -0.15) is 0 Å². The second kappa shape index (κ2) is 15.4. The van der Waals surface area contributed by atoms with Crippen LogP contribution in [0.1, 0.15) is 138 Å². The summed E-state index contributed by atoms with van der Waals surface area (Å²) in [5.74, 6) is -0.743. The molecule has 11 nitrogen and oxygen atoms in total. The molecular weight excluding hydrogens is 664 g/mol. The van der Waals surface area contributed by atoms with Crippen molar-refractivity contribution in [2.75, 3.05) is 13.2 Å². The van der Waals surface area contributed by atoms with Crippen molar-refractivity contribution in [2.45, 2.75) is 117 Å². The van der Waals surface area contributed by atoms with E-state index in [1.54, 1.807) is 0 Å². The van der Waals surface area contributed by atoms with E-state index >= 15 is 0 Å². The first-order valence-electron chi connectivity index (χ1n) is 18.2. The lowest BCUT2D eigenvalue weighted by Gasteiger charge is -2.30. The maximum absolute atomic E-state index is 14.2. The number of ether oxygens (including phenoxy) is 4. The van der Waals surface area contributed by atoms with Crippen LogP contribution in [-0.2, 0) is 20.4 Å². The third-order valence-electron chi connectivity index (χ3n) is 10.8. The highest BCUT2D eigenvalue weighted by atomic mass is 16.6. The zero-order valence-electron chi connectivity index (χ0n) is 31.5. The van der Waals surface area contributed by atoms with Gasteiger partial charge < -0.3 is 24.3 Å². The normalized spacial score (nSPS) is 16.2. The molecule has 3 aromatic carbocycles. The number of nitro benzene ring substituents is 1. The minimum Gasteiger partial charge on any atom is -0.493 e. The number of esters is 2. The first-order chi connectivity index (χ1) is 24.6. The molecule has 0 heterocycles. The van der Waals surface area contributed by atoms with Crippen LogP contribution in [0.15, 0.2) is 42.5 Å². The summed E-state index contributed by atoms with van der Waals surface area (Å²) < 4.78 is 24.2. The molecule has 0 radical (unpaired) electrons. The van der Waals surface area contributed by atoms with Crippen molar-refractivity contribution in [1.29, 1.82) is 0 Å². The van der Waals surface area contributed by atoms with E-state index in [4.69, 9.17) is 18.9 Å². The van der Waals surface area contributed by atoms with Gasteiger partial charge in [-0.3, -0.25) is 24.5 Å². The van der Waals surface area contributed by atoms with Crippen LogP contribution in [0.4, 0.5) is 5.69 Å². The van der Waals surface area contributed by atoms with Gasteiger partial charge in [0.1, 0.15) is 17.1 Å². The number of hydrogen-bond donors (Lipinski definition) is 1. The quantitative estimate of drug-likeness (QED) is 0.0536. The third kappa shape index (κ3) is 7.93. The number of carbonyl (C=O) groups is 3. The molecule has 11 heteroatoms. The van der Waals surface area contributed by atoms with Crippen molar-refractivity contribution in [2.24, 2.45) is 0 Å². The van der Waals surface area contributed by atoms with Gasteiger partial charge in [-0.25, -0.2) is 0 Å². The molecule has 1 fully saturated rings. The van der Waals surface area contributed by atoms with Gasteiger partial charge in [0, 0.05) is 49.2 Å².